The van der Waals surface area contributed by atoms with E-state index in [2.05, 4.69) is 36.0 Å². The van der Waals surface area contributed by atoms with Crippen LogP contribution in [0.15, 0.2) is 0 Å². The van der Waals surface area contributed by atoms with Gasteiger partial charge in [-0.2, -0.15) is 0 Å². The van der Waals surface area contributed by atoms with Crippen molar-refractivity contribution in [1.29, 1.82) is 0 Å². The van der Waals surface area contributed by atoms with Crippen molar-refractivity contribution in [3.05, 3.63) is 0 Å². The summed E-state index contributed by atoms with van der Waals surface area (Å²) in [4.78, 5) is 5.32. The number of rotatable bonds is 6. The van der Waals surface area contributed by atoms with Gasteiger partial charge in [0.15, 0.2) is 0 Å². The highest BCUT2D eigenvalue weighted by Crippen LogP contribution is 2.22. The van der Waals surface area contributed by atoms with Crippen LogP contribution in [0.2, 0.25) is 0 Å². The Morgan fingerprint density at radius 3 is 2.65 bits per heavy atom. The highest BCUT2D eigenvalue weighted by molar-refractivity contribution is 4.85. The molecule has 0 spiro atoms. The van der Waals surface area contributed by atoms with Crippen LogP contribution in [0.25, 0.3) is 0 Å². The minimum Gasteiger partial charge on any atom is -0.314 e. The standard InChI is InChI=1S/C17H35N3/c1-4-15-14-20(13-10-17(15)18-5-2)12-9-16-8-6-7-11-19(16)3/h15-18H,4-14H2,1-3H3. The van der Waals surface area contributed by atoms with Gasteiger partial charge in [-0.05, 0) is 64.8 Å². The van der Waals surface area contributed by atoms with E-state index in [4.69, 9.17) is 0 Å². The molecule has 3 unspecified atom stereocenters. The molecule has 0 amide bonds. The van der Waals surface area contributed by atoms with E-state index in [0.29, 0.717) is 0 Å². The predicted molar refractivity (Wildman–Crippen MR) is 87.2 cm³/mol. The summed E-state index contributed by atoms with van der Waals surface area (Å²) in [6, 6.07) is 1.61. The first-order valence-electron chi connectivity index (χ1n) is 8.90. The summed E-state index contributed by atoms with van der Waals surface area (Å²) in [5.41, 5.74) is 0. The van der Waals surface area contributed by atoms with E-state index < -0.39 is 0 Å². The van der Waals surface area contributed by atoms with Crippen LogP contribution in [-0.2, 0) is 0 Å². The first-order chi connectivity index (χ1) is 9.74. The van der Waals surface area contributed by atoms with E-state index in [9.17, 15) is 0 Å². The molecule has 2 aliphatic heterocycles. The number of nitrogens with zero attached hydrogens (tertiary/aromatic N) is 2. The van der Waals surface area contributed by atoms with Crippen molar-refractivity contribution in [1.82, 2.24) is 15.1 Å². The lowest BCUT2D eigenvalue weighted by molar-refractivity contribution is 0.110. The first-order valence-corrected chi connectivity index (χ1v) is 8.90. The molecule has 2 rings (SSSR count). The lowest BCUT2D eigenvalue weighted by Crippen LogP contribution is -2.50. The van der Waals surface area contributed by atoms with E-state index in [0.717, 1.165) is 24.5 Å². The fourth-order valence-electron chi connectivity index (χ4n) is 4.10. The van der Waals surface area contributed by atoms with Gasteiger partial charge >= 0.3 is 0 Å². The van der Waals surface area contributed by atoms with Gasteiger partial charge in [-0.3, -0.25) is 0 Å². The van der Waals surface area contributed by atoms with Crippen LogP contribution in [0.3, 0.4) is 0 Å². The maximum atomic E-state index is 3.68. The van der Waals surface area contributed by atoms with Crippen LogP contribution in [0.5, 0.6) is 0 Å². The average Bonchev–Trinajstić information content (AvgIpc) is 2.48. The second-order valence-corrected chi connectivity index (χ2v) is 6.84. The molecule has 0 aliphatic carbocycles. The van der Waals surface area contributed by atoms with Crippen molar-refractivity contribution in [2.75, 3.05) is 39.8 Å². The largest absolute Gasteiger partial charge is 0.314 e. The van der Waals surface area contributed by atoms with E-state index in [1.807, 2.05) is 0 Å². The highest BCUT2D eigenvalue weighted by Gasteiger charge is 2.28. The summed E-state index contributed by atoms with van der Waals surface area (Å²) in [6.07, 6.45) is 8.29. The molecule has 0 aromatic rings. The Balaban J connectivity index is 1.74. The Labute approximate surface area is 126 Å². The van der Waals surface area contributed by atoms with Crippen LogP contribution in [0.1, 0.15) is 52.4 Å². The second-order valence-electron chi connectivity index (χ2n) is 6.84. The van der Waals surface area contributed by atoms with E-state index in [1.54, 1.807) is 0 Å². The van der Waals surface area contributed by atoms with Crippen LogP contribution in [-0.4, -0.2) is 61.7 Å². The van der Waals surface area contributed by atoms with Gasteiger partial charge in [0.2, 0.25) is 0 Å². The van der Waals surface area contributed by atoms with Crippen molar-refractivity contribution in [3.8, 4) is 0 Å². The van der Waals surface area contributed by atoms with Crippen LogP contribution < -0.4 is 5.32 Å². The molecule has 1 N–H and O–H groups in total. The fourth-order valence-corrected chi connectivity index (χ4v) is 4.10. The topological polar surface area (TPSA) is 18.5 Å². The summed E-state index contributed by atoms with van der Waals surface area (Å²) in [5.74, 6) is 0.854. The summed E-state index contributed by atoms with van der Waals surface area (Å²) < 4.78 is 0. The third kappa shape index (κ3) is 4.44. The molecule has 0 radical (unpaired) electrons. The molecule has 0 bridgehead atoms. The molecule has 2 saturated heterocycles. The quantitative estimate of drug-likeness (QED) is 0.807. The third-order valence-corrected chi connectivity index (χ3v) is 5.51. The van der Waals surface area contributed by atoms with Gasteiger partial charge in [-0.15, -0.1) is 0 Å². The van der Waals surface area contributed by atoms with Crippen molar-refractivity contribution in [2.24, 2.45) is 5.92 Å². The molecule has 3 nitrogen and oxygen atoms in total. The summed E-state index contributed by atoms with van der Waals surface area (Å²) in [7, 11) is 2.32. The van der Waals surface area contributed by atoms with Crippen LogP contribution in [0, 0.1) is 5.92 Å². The molecule has 0 aromatic heterocycles. The fraction of sp³-hybridized carbons (Fsp3) is 1.00. The second kappa shape index (κ2) is 8.35. The zero-order valence-electron chi connectivity index (χ0n) is 13.9. The number of likely N-dealkylation sites (tertiary alicyclic amines) is 2. The minimum absolute atomic E-state index is 0.763. The van der Waals surface area contributed by atoms with Gasteiger partial charge in [-0.1, -0.05) is 26.7 Å². The smallest absolute Gasteiger partial charge is 0.0119 e. The minimum atomic E-state index is 0.763. The zero-order valence-corrected chi connectivity index (χ0v) is 13.9. The molecule has 20 heavy (non-hydrogen) atoms. The molecule has 2 heterocycles. The Kier molecular flexibility index (Phi) is 6.79. The molecule has 3 atom stereocenters. The molecule has 3 heteroatoms. The molecule has 0 saturated carbocycles. The Hall–Kier alpha value is -0.120. The Bertz CT molecular complexity index is 269. The van der Waals surface area contributed by atoms with E-state index in [-0.39, 0.29) is 0 Å². The van der Waals surface area contributed by atoms with Gasteiger partial charge in [0, 0.05) is 18.6 Å². The first kappa shape index (κ1) is 16.3. The van der Waals surface area contributed by atoms with Crippen molar-refractivity contribution in [2.45, 2.75) is 64.5 Å². The summed E-state index contributed by atoms with van der Waals surface area (Å²) >= 11 is 0. The molecule has 2 aliphatic rings. The van der Waals surface area contributed by atoms with E-state index in [1.165, 1.54) is 64.7 Å². The van der Waals surface area contributed by atoms with Gasteiger partial charge in [0.25, 0.3) is 0 Å². The van der Waals surface area contributed by atoms with Crippen LogP contribution >= 0.6 is 0 Å². The summed E-state index contributed by atoms with van der Waals surface area (Å²) in [5, 5.41) is 3.68. The monoisotopic (exact) mass is 281 g/mol. The van der Waals surface area contributed by atoms with Crippen LogP contribution in [0.4, 0.5) is 0 Å². The maximum absolute atomic E-state index is 3.68. The Morgan fingerprint density at radius 1 is 1.10 bits per heavy atom. The maximum Gasteiger partial charge on any atom is 0.0119 e. The normalized spacial score (nSPS) is 33.5. The van der Waals surface area contributed by atoms with E-state index >= 15 is 0 Å². The Morgan fingerprint density at radius 2 is 1.95 bits per heavy atom. The van der Waals surface area contributed by atoms with Crippen molar-refractivity contribution < 1.29 is 0 Å². The van der Waals surface area contributed by atoms with Gasteiger partial charge in [0.05, 0.1) is 0 Å². The zero-order chi connectivity index (χ0) is 14.4. The number of hydrogen-bond acceptors (Lipinski definition) is 3. The van der Waals surface area contributed by atoms with Gasteiger partial charge in [-0.25, -0.2) is 0 Å². The number of hydrogen-bond donors (Lipinski definition) is 1. The predicted octanol–water partition coefficient (Wildman–Crippen LogP) is 2.57. The molecular weight excluding hydrogens is 246 g/mol. The average molecular weight is 281 g/mol. The lowest BCUT2D eigenvalue weighted by atomic mass is 9.89. The highest BCUT2D eigenvalue weighted by atomic mass is 15.2. The number of nitrogens with one attached hydrogen (secondary N) is 1. The van der Waals surface area contributed by atoms with Crippen molar-refractivity contribution >= 4 is 0 Å². The van der Waals surface area contributed by atoms with Gasteiger partial charge < -0.3 is 15.1 Å². The summed E-state index contributed by atoms with van der Waals surface area (Å²) in [6.45, 7) is 10.9. The lowest BCUT2D eigenvalue weighted by Gasteiger charge is -2.40. The number of piperidine rings is 2. The molecular formula is C17H35N3. The molecule has 2 fully saturated rings. The third-order valence-electron chi connectivity index (χ3n) is 5.51. The SMILES string of the molecule is CCNC1CCN(CCC2CCCCN2C)CC1CC. The van der Waals surface area contributed by atoms with Gasteiger partial charge in [0.1, 0.15) is 0 Å². The molecule has 0 aromatic carbocycles. The molecule has 118 valence electrons. The van der Waals surface area contributed by atoms with Crippen molar-refractivity contribution in [3.63, 3.8) is 0 Å².